The molecular weight excluding hydrogens is 401 g/mol. The van der Waals surface area contributed by atoms with E-state index in [0.29, 0.717) is 19.4 Å². The van der Waals surface area contributed by atoms with Gasteiger partial charge in [-0.3, -0.25) is 4.79 Å². The molecular formula is C28H30FNO2. The lowest BCUT2D eigenvalue weighted by Crippen LogP contribution is -2.48. The first-order chi connectivity index (χ1) is 15.4. The third-order valence-electron chi connectivity index (χ3n) is 6.75. The summed E-state index contributed by atoms with van der Waals surface area (Å²) >= 11 is 0. The van der Waals surface area contributed by atoms with Gasteiger partial charge in [0, 0.05) is 18.4 Å². The quantitative estimate of drug-likeness (QED) is 0.529. The second-order valence-electron chi connectivity index (χ2n) is 9.02. The fraction of sp³-hybridized carbons (Fsp3) is 0.321. The Bertz CT molecular complexity index is 1050. The zero-order valence-corrected chi connectivity index (χ0v) is 18.7. The summed E-state index contributed by atoms with van der Waals surface area (Å²) in [6, 6.07) is 24.7. The average Bonchev–Trinajstić information content (AvgIpc) is 2.79. The SMILES string of the molecule is C[C@@H](O)C[C@@]1(c2ccccc2)CCN([C@@H](C)c2ccc(-c3ccc(F)cc3)cc2)C(=O)C1. The van der Waals surface area contributed by atoms with Crippen LogP contribution in [0, 0.1) is 5.82 Å². The first kappa shape index (κ1) is 22.2. The molecule has 1 fully saturated rings. The number of carbonyl (C=O) groups is 1. The highest BCUT2D eigenvalue weighted by Gasteiger charge is 2.42. The van der Waals surface area contributed by atoms with Crippen molar-refractivity contribution in [3.63, 3.8) is 0 Å². The van der Waals surface area contributed by atoms with Gasteiger partial charge in [-0.15, -0.1) is 0 Å². The van der Waals surface area contributed by atoms with Gasteiger partial charge in [0.05, 0.1) is 12.1 Å². The molecule has 0 unspecified atom stereocenters. The number of aliphatic hydroxyl groups is 1. The van der Waals surface area contributed by atoms with Crippen LogP contribution in [0.4, 0.5) is 4.39 Å². The largest absolute Gasteiger partial charge is 0.393 e. The number of aliphatic hydroxyl groups excluding tert-OH is 1. The van der Waals surface area contributed by atoms with Gasteiger partial charge in [0.15, 0.2) is 0 Å². The molecule has 1 saturated heterocycles. The molecule has 1 heterocycles. The number of amides is 1. The number of hydrogen-bond acceptors (Lipinski definition) is 2. The smallest absolute Gasteiger partial charge is 0.223 e. The van der Waals surface area contributed by atoms with E-state index < -0.39 is 6.10 Å². The number of piperidine rings is 1. The van der Waals surface area contributed by atoms with E-state index in [-0.39, 0.29) is 23.2 Å². The highest BCUT2D eigenvalue weighted by atomic mass is 19.1. The molecule has 3 nitrogen and oxygen atoms in total. The highest BCUT2D eigenvalue weighted by Crippen LogP contribution is 2.42. The minimum absolute atomic E-state index is 0.0370. The van der Waals surface area contributed by atoms with Crippen LogP contribution in [0.5, 0.6) is 0 Å². The van der Waals surface area contributed by atoms with Crippen LogP contribution in [0.15, 0.2) is 78.9 Å². The summed E-state index contributed by atoms with van der Waals surface area (Å²) in [5.74, 6) is -0.124. The monoisotopic (exact) mass is 431 g/mol. The minimum atomic E-state index is -0.467. The van der Waals surface area contributed by atoms with Crippen LogP contribution in [-0.2, 0) is 10.2 Å². The molecule has 0 aliphatic carbocycles. The van der Waals surface area contributed by atoms with Crippen LogP contribution in [0.3, 0.4) is 0 Å². The Balaban J connectivity index is 1.51. The normalized spacial score (nSPS) is 20.8. The van der Waals surface area contributed by atoms with Gasteiger partial charge in [0.25, 0.3) is 0 Å². The fourth-order valence-corrected chi connectivity index (χ4v) is 5.02. The highest BCUT2D eigenvalue weighted by molar-refractivity contribution is 5.79. The Kier molecular flexibility index (Phi) is 6.43. The average molecular weight is 432 g/mol. The van der Waals surface area contributed by atoms with E-state index in [1.807, 2.05) is 47.4 Å². The van der Waals surface area contributed by atoms with Gasteiger partial charge in [-0.25, -0.2) is 4.39 Å². The van der Waals surface area contributed by atoms with E-state index in [9.17, 15) is 14.3 Å². The molecule has 3 atom stereocenters. The van der Waals surface area contributed by atoms with Crippen LogP contribution >= 0.6 is 0 Å². The van der Waals surface area contributed by atoms with E-state index in [1.165, 1.54) is 12.1 Å². The summed E-state index contributed by atoms with van der Waals surface area (Å²) in [5.41, 5.74) is 3.86. The maximum atomic E-state index is 13.3. The number of nitrogens with zero attached hydrogens (tertiary/aromatic N) is 1. The molecule has 4 rings (SSSR count). The summed E-state index contributed by atoms with van der Waals surface area (Å²) in [4.78, 5) is 15.3. The van der Waals surface area contributed by atoms with E-state index >= 15 is 0 Å². The molecule has 0 bridgehead atoms. The van der Waals surface area contributed by atoms with Crippen molar-refractivity contribution in [2.75, 3.05) is 6.54 Å². The Morgan fingerprint density at radius 3 is 2.09 bits per heavy atom. The predicted octanol–water partition coefficient (Wildman–Crippen LogP) is 5.89. The molecule has 3 aromatic carbocycles. The Labute approximate surface area is 189 Å². The zero-order valence-electron chi connectivity index (χ0n) is 18.7. The topological polar surface area (TPSA) is 40.5 Å². The number of rotatable bonds is 6. The first-order valence-corrected chi connectivity index (χ1v) is 11.3. The molecule has 32 heavy (non-hydrogen) atoms. The second kappa shape index (κ2) is 9.25. The van der Waals surface area contributed by atoms with Crippen molar-refractivity contribution in [2.45, 2.75) is 50.7 Å². The maximum Gasteiger partial charge on any atom is 0.223 e. The number of carbonyl (C=O) groups excluding carboxylic acids is 1. The van der Waals surface area contributed by atoms with Gasteiger partial charge in [0.2, 0.25) is 5.91 Å². The van der Waals surface area contributed by atoms with Crippen molar-refractivity contribution >= 4 is 5.91 Å². The molecule has 1 amide bonds. The van der Waals surface area contributed by atoms with Crippen LogP contribution in [0.25, 0.3) is 11.1 Å². The molecule has 0 saturated carbocycles. The maximum absolute atomic E-state index is 13.3. The molecule has 1 N–H and O–H groups in total. The number of halogens is 1. The lowest BCUT2D eigenvalue weighted by Gasteiger charge is -2.44. The third-order valence-corrected chi connectivity index (χ3v) is 6.75. The van der Waals surface area contributed by atoms with Crippen molar-refractivity contribution < 1.29 is 14.3 Å². The van der Waals surface area contributed by atoms with Crippen LogP contribution in [0.1, 0.15) is 50.3 Å². The molecule has 0 spiro atoms. The molecule has 1 aliphatic heterocycles. The zero-order chi connectivity index (χ0) is 22.7. The van der Waals surface area contributed by atoms with Gasteiger partial charge in [0.1, 0.15) is 5.82 Å². The van der Waals surface area contributed by atoms with Crippen molar-refractivity contribution in [1.82, 2.24) is 4.90 Å². The first-order valence-electron chi connectivity index (χ1n) is 11.3. The lowest BCUT2D eigenvalue weighted by molar-refractivity contribution is -0.138. The van der Waals surface area contributed by atoms with E-state index in [2.05, 4.69) is 19.1 Å². The minimum Gasteiger partial charge on any atom is -0.393 e. The van der Waals surface area contributed by atoms with Gasteiger partial charge in [-0.1, -0.05) is 66.7 Å². The van der Waals surface area contributed by atoms with E-state index in [0.717, 1.165) is 28.7 Å². The Morgan fingerprint density at radius 1 is 0.938 bits per heavy atom. The van der Waals surface area contributed by atoms with E-state index in [1.54, 1.807) is 19.1 Å². The Hall–Kier alpha value is -2.98. The van der Waals surface area contributed by atoms with Crippen LogP contribution in [0.2, 0.25) is 0 Å². The van der Waals surface area contributed by atoms with E-state index in [4.69, 9.17) is 0 Å². The molecule has 0 aromatic heterocycles. The van der Waals surface area contributed by atoms with Crippen molar-refractivity contribution in [3.8, 4) is 11.1 Å². The molecule has 0 radical (unpaired) electrons. The van der Waals surface area contributed by atoms with Crippen molar-refractivity contribution in [3.05, 3.63) is 95.8 Å². The molecule has 1 aliphatic rings. The fourth-order valence-electron chi connectivity index (χ4n) is 5.02. The second-order valence-corrected chi connectivity index (χ2v) is 9.02. The molecule has 4 heteroatoms. The standard InChI is InChI=1S/C28H30FNO2/c1-20(31)18-28(25-6-4-3-5-7-25)16-17-30(27(32)19-28)21(2)22-8-10-23(11-9-22)24-12-14-26(29)15-13-24/h3-15,20-21,31H,16-19H2,1-2H3/t20-,21+,28+/m1/s1. The van der Waals surface area contributed by atoms with Gasteiger partial charge < -0.3 is 10.0 Å². The van der Waals surface area contributed by atoms with Crippen molar-refractivity contribution in [2.24, 2.45) is 0 Å². The Morgan fingerprint density at radius 2 is 1.53 bits per heavy atom. The van der Waals surface area contributed by atoms with Gasteiger partial charge in [-0.2, -0.15) is 0 Å². The number of benzene rings is 3. The molecule has 3 aromatic rings. The number of likely N-dealkylation sites (tertiary alicyclic amines) is 1. The number of hydrogen-bond donors (Lipinski definition) is 1. The summed E-state index contributed by atoms with van der Waals surface area (Å²) < 4.78 is 13.2. The summed E-state index contributed by atoms with van der Waals surface area (Å²) in [7, 11) is 0. The molecule has 166 valence electrons. The summed E-state index contributed by atoms with van der Waals surface area (Å²) in [6.07, 6.45) is 1.34. The lowest BCUT2D eigenvalue weighted by atomic mass is 9.69. The van der Waals surface area contributed by atoms with Crippen molar-refractivity contribution in [1.29, 1.82) is 0 Å². The third kappa shape index (κ3) is 4.61. The predicted molar refractivity (Wildman–Crippen MR) is 126 cm³/mol. The summed E-state index contributed by atoms with van der Waals surface area (Å²) in [5, 5.41) is 10.2. The van der Waals surface area contributed by atoms with Gasteiger partial charge >= 0.3 is 0 Å². The van der Waals surface area contributed by atoms with Gasteiger partial charge in [-0.05, 0) is 61.1 Å². The van der Waals surface area contributed by atoms with Crippen LogP contribution < -0.4 is 0 Å². The van der Waals surface area contributed by atoms with Crippen LogP contribution in [-0.4, -0.2) is 28.6 Å². The summed E-state index contributed by atoms with van der Waals surface area (Å²) in [6.45, 7) is 4.52.